The van der Waals surface area contributed by atoms with Gasteiger partial charge in [0.2, 0.25) is 0 Å². The summed E-state index contributed by atoms with van der Waals surface area (Å²) < 4.78 is 0. The van der Waals surface area contributed by atoms with Crippen molar-refractivity contribution < 1.29 is 0 Å². The van der Waals surface area contributed by atoms with E-state index in [2.05, 4.69) is 31.7 Å². The molecule has 0 aromatic carbocycles. The van der Waals surface area contributed by atoms with Gasteiger partial charge in [-0.3, -0.25) is 0 Å². The highest BCUT2D eigenvalue weighted by atomic mass is 15.2. The maximum atomic E-state index is 2.70. The highest BCUT2D eigenvalue weighted by Crippen LogP contribution is 2.65. The summed E-state index contributed by atoms with van der Waals surface area (Å²) in [5, 5.41) is 0. The molecule has 0 spiro atoms. The highest BCUT2D eigenvalue weighted by Gasteiger charge is 2.58. The van der Waals surface area contributed by atoms with Crippen LogP contribution in [0, 0.1) is 16.7 Å². The van der Waals surface area contributed by atoms with Crippen LogP contribution in [0.2, 0.25) is 0 Å². The Hall–Kier alpha value is -0.460. The highest BCUT2D eigenvalue weighted by molar-refractivity contribution is 5.31. The summed E-state index contributed by atoms with van der Waals surface area (Å²) in [6.07, 6.45) is 9.69. The summed E-state index contributed by atoms with van der Waals surface area (Å²) in [7, 11) is 0. The van der Waals surface area contributed by atoms with Crippen molar-refractivity contribution in [2.45, 2.75) is 52.9 Å². The van der Waals surface area contributed by atoms with Gasteiger partial charge in [-0.25, -0.2) is 0 Å². The van der Waals surface area contributed by atoms with E-state index in [4.69, 9.17) is 0 Å². The average Bonchev–Trinajstić information content (AvgIpc) is 2.62. The number of piperidine rings is 1. The van der Waals surface area contributed by atoms with Crippen LogP contribution in [0.15, 0.2) is 11.8 Å². The Bertz CT molecular complexity index is 322. The summed E-state index contributed by atoms with van der Waals surface area (Å²) in [5.41, 5.74) is 2.67. The lowest BCUT2D eigenvalue weighted by Crippen LogP contribution is -2.39. The Morgan fingerprint density at radius 3 is 2.31 bits per heavy atom. The number of allylic oxidation sites excluding steroid dienone is 2. The molecule has 0 aromatic rings. The lowest BCUT2D eigenvalue weighted by Gasteiger charge is -2.43. The molecule has 1 aliphatic heterocycles. The molecule has 1 saturated heterocycles. The lowest BCUT2D eigenvalue weighted by atomic mass is 9.69. The topological polar surface area (TPSA) is 3.24 Å². The Labute approximate surface area is 99.9 Å². The SMILES string of the molecule is CC12CCC(C=C1N1CCCCC1)C2(C)C. The van der Waals surface area contributed by atoms with E-state index in [-0.39, 0.29) is 0 Å². The molecular formula is C15H25N. The van der Waals surface area contributed by atoms with E-state index in [0.717, 1.165) is 5.92 Å². The molecule has 1 heterocycles. The van der Waals surface area contributed by atoms with Crippen LogP contribution in [0.4, 0.5) is 0 Å². The monoisotopic (exact) mass is 219 g/mol. The normalized spacial score (nSPS) is 41.3. The number of fused-ring (bicyclic) bond motifs is 2. The van der Waals surface area contributed by atoms with Crippen molar-refractivity contribution in [1.29, 1.82) is 0 Å². The maximum absolute atomic E-state index is 2.70. The fourth-order valence-corrected chi connectivity index (χ4v) is 4.25. The third kappa shape index (κ3) is 1.18. The molecule has 2 unspecified atom stereocenters. The Morgan fingerprint density at radius 1 is 1.12 bits per heavy atom. The van der Waals surface area contributed by atoms with Crippen LogP contribution >= 0.6 is 0 Å². The Balaban J connectivity index is 1.90. The molecule has 3 aliphatic rings. The van der Waals surface area contributed by atoms with Crippen LogP contribution < -0.4 is 0 Å². The van der Waals surface area contributed by atoms with Crippen LogP contribution in [0.5, 0.6) is 0 Å². The Morgan fingerprint density at radius 2 is 1.81 bits per heavy atom. The van der Waals surface area contributed by atoms with E-state index in [0.29, 0.717) is 10.8 Å². The third-order valence-electron chi connectivity index (χ3n) is 5.93. The van der Waals surface area contributed by atoms with Gasteiger partial charge < -0.3 is 4.90 Å². The summed E-state index contributed by atoms with van der Waals surface area (Å²) in [5.74, 6) is 0.842. The van der Waals surface area contributed by atoms with Crippen LogP contribution in [-0.2, 0) is 0 Å². The zero-order valence-corrected chi connectivity index (χ0v) is 11.1. The summed E-state index contributed by atoms with van der Waals surface area (Å²) in [6, 6.07) is 0. The van der Waals surface area contributed by atoms with Gasteiger partial charge in [-0.15, -0.1) is 0 Å². The second-order valence-electron chi connectivity index (χ2n) is 6.80. The molecule has 2 aliphatic carbocycles. The fraction of sp³-hybridized carbons (Fsp3) is 0.867. The predicted octanol–water partition coefficient (Wildman–Crippen LogP) is 3.81. The summed E-state index contributed by atoms with van der Waals surface area (Å²) in [6.45, 7) is 10.1. The summed E-state index contributed by atoms with van der Waals surface area (Å²) >= 11 is 0. The molecule has 90 valence electrons. The first-order valence-corrected chi connectivity index (χ1v) is 7.03. The zero-order valence-electron chi connectivity index (χ0n) is 11.1. The van der Waals surface area contributed by atoms with E-state index >= 15 is 0 Å². The van der Waals surface area contributed by atoms with Crippen molar-refractivity contribution in [3.8, 4) is 0 Å². The average molecular weight is 219 g/mol. The van der Waals surface area contributed by atoms with Gasteiger partial charge in [-0.1, -0.05) is 26.8 Å². The second-order valence-corrected chi connectivity index (χ2v) is 6.80. The van der Waals surface area contributed by atoms with Crippen molar-refractivity contribution in [3.63, 3.8) is 0 Å². The van der Waals surface area contributed by atoms with Crippen LogP contribution in [0.3, 0.4) is 0 Å². The largest absolute Gasteiger partial charge is 0.375 e. The van der Waals surface area contributed by atoms with Crippen molar-refractivity contribution in [1.82, 2.24) is 4.90 Å². The molecule has 2 bridgehead atoms. The first-order valence-electron chi connectivity index (χ1n) is 7.03. The number of nitrogens with zero attached hydrogens (tertiary/aromatic N) is 1. The zero-order chi connectivity index (χ0) is 11.4. The molecule has 1 heteroatoms. The smallest absolute Gasteiger partial charge is 0.0175 e. The summed E-state index contributed by atoms with van der Waals surface area (Å²) in [4.78, 5) is 2.70. The van der Waals surface area contributed by atoms with Crippen molar-refractivity contribution in [3.05, 3.63) is 11.8 Å². The minimum absolute atomic E-state index is 0.467. The third-order valence-corrected chi connectivity index (χ3v) is 5.93. The second kappa shape index (κ2) is 3.27. The van der Waals surface area contributed by atoms with Gasteiger partial charge >= 0.3 is 0 Å². The molecule has 1 nitrogen and oxygen atoms in total. The maximum Gasteiger partial charge on any atom is 0.0175 e. The number of hydrogen-bond acceptors (Lipinski definition) is 1. The quantitative estimate of drug-likeness (QED) is 0.648. The van der Waals surface area contributed by atoms with Crippen molar-refractivity contribution in [2.75, 3.05) is 13.1 Å². The van der Waals surface area contributed by atoms with Crippen LogP contribution in [0.1, 0.15) is 52.9 Å². The van der Waals surface area contributed by atoms with E-state index in [1.54, 1.807) is 5.70 Å². The number of likely N-dealkylation sites (tertiary alicyclic amines) is 1. The van der Waals surface area contributed by atoms with Gasteiger partial charge in [-0.2, -0.15) is 0 Å². The fourth-order valence-electron chi connectivity index (χ4n) is 4.25. The molecule has 16 heavy (non-hydrogen) atoms. The molecule has 0 amide bonds. The molecule has 2 fully saturated rings. The van der Waals surface area contributed by atoms with Crippen LogP contribution in [0.25, 0.3) is 0 Å². The van der Waals surface area contributed by atoms with E-state index < -0.39 is 0 Å². The standard InChI is InChI=1S/C15H25N/c1-14(2)12-7-8-15(14,3)13(11-12)16-9-5-4-6-10-16/h11-12H,4-10H2,1-3H3. The number of rotatable bonds is 1. The van der Waals surface area contributed by atoms with Gasteiger partial charge in [0, 0.05) is 24.2 Å². The molecule has 0 radical (unpaired) electrons. The minimum Gasteiger partial charge on any atom is -0.375 e. The first kappa shape index (κ1) is 10.7. The van der Waals surface area contributed by atoms with E-state index in [1.807, 2.05) is 0 Å². The van der Waals surface area contributed by atoms with E-state index in [9.17, 15) is 0 Å². The van der Waals surface area contributed by atoms with Crippen LogP contribution in [-0.4, -0.2) is 18.0 Å². The molecular weight excluding hydrogens is 194 g/mol. The predicted molar refractivity (Wildman–Crippen MR) is 68.1 cm³/mol. The molecule has 0 N–H and O–H groups in total. The first-order chi connectivity index (χ1) is 7.56. The van der Waals surface area contributed by atoms with Gasteiger partial charge in [-0.05, 0) is 43.4 Å². The Kier molecular flexibility index (Phi) is 2.18. The van der Waals surface area contributed by atoms with E-state index in [1.165, 1.54) is 45.2 Å². The van der Waals surface area contributed by atoms with Gasteiger partial charge in [0.05, 0.1) is 0 Å². The van der Waals surface area contributed by atoms with Gasteiger partial charge in [0.1, 0.15) is 0 Å². The molecule has 1 saturated carbocycles. The minimum atomic E-state index is 0.467. The number of hydrogen-bond donors (Lipinski definition) is 0. The van der Waals surface area contributed by atoms with Gasteiger partial charge in [0.25, 0.3) is 0 Å². The molecule has 2 atom stereocenters. The van der Waals surface area contributed by atoms with Crippen molar-refractivity contribution in [2.24, 2.45) is 16.7 Å². The molecule has 3 rings (SSSR count). The van der Waals surface area contributed by atoms with Crippen molar-refractivity contribution >= 4 is 0 Å². The lowest BCUT2D eigenvalue weighted by molar-refractivity contribution is 0.124. The molecule has 0 aromatic heterocycles. The van der Waals surface area contributed by atoms with Gasteiger partial charge in [0.15, 0.2) is 0 Å².